The molecule has 2 unspecified atom stereocenters. The number of aliphatic carboxylic acids is 1. The van der Waals surface area contributed by atoms with Crippen LogP contribution in [0.25, 0.3) is 0 Å². The van der Waals surface area contributed by atoms with E-state index in [1.807, 2.05) is 0 Å². The van der Waals surface area contributed by atoms with Crippen LogP contribution in [0.4, 0.5) is 0 Å². The van der Waals surface area contributed by atoms with Gasteiger partial charge in [-0.05, 0) is 20.3 Å². The average molecular weight is 492 g/mol. The molecule has 194 valence electrons. The number of nitrogens with two attached hydrogens (primary N) is 1. The molecule has 15 nitrogen and oxygen atoms in total. The van der Waals surface area contributed by atoms with E-state index in [0.717, 1.165) is 6.92 Å². The van der Waals surface area contributed by atoms with Gasteiger partial charge in [0.1, 0.15) is 42.5 Å². The van der Waals surface area contributed by atoms with Crippen LogP contribution in [0, 0.1) is 0 Å². The Morgan fingerprint density at radius 2 is 1.71 bits per heavy atom. The van der Waals surface area contributed by atoms with Crippen LogP contribution in [0.5, 0.6) is 0 Å². The van der Waals surface area contributed by atoms with Crippen LogP contribution in [0.15, 0.2) is 0 Å². The van der Waals surface area contributed by atoms with Gasteiger partial charge in [-0.25, -0.2) is 0 Å². The van der Waals surface area contributed by atoms with E-state index in [9.17, 15) is 39.3 Å². The molecular formula is C19H32N4O11. The second kappa shape index (κ2) is 13.1. The molecule has 0 radical (unpaired) electrons. The number of rotatable bonds is 12. The zero-order chi connectivity index (χ0) is 26.2. The predicted octanol–water partition coefficient (Wildman–Crippen LogP) is -4.33. The van der Waals surface area contributed by atoms with Gasteiger partial charge in [0.25, 0.3) is 0 Å². The number of carboxylic acid groups (broad SMARTS) is 1. The molecule has 0 aromatic carbocycles. The van der Waals surface area contributed by atoms with Crippen LogP contribution in [0.1, 0.15) is 33.6 Å². The van der Waals surface area contributed by atoms with E-state index < -0.39 is 91.5 Å². The van der Waals surface area contributed by atoms with Gasteiger partial charge in [0.15, 0.2) is 6.29 Å². The van der Waals surface area contributed by atoms with Crippen molar-refractivity contribution in [2.45, 2.75) is 82.4 Å². The van der Waals surface area contributed by atoms with E-state index in [4.69, 9.17) is 20.3 Å². The second-order valence-corrected chi connectivity index (χ2v) is 7.83. The van der Waals surface area contributed by atoms with Crippen molar-refractivity contribution >= 4 is 29.6 Å². The lowest BCUT2D eigenvalue weighted by Crippen LogP contribution is -2.65. The van der Waals surface area contributed by atoms with Crippen molar-refractivity contribution in [2.75, 3.05) is 6.61 Å². The van der Waals surface area contributed by atoms with Gasteiger partial charge >= 0.3 is 5.97 Å². The largest absolute Gasteiger partial charge is 0.481 e. The van der Waals surface area contributed by atoms with Crippen LogP contribution in [-0.2, 0) is 33.4 Å². The fourth-order valence-corrected chi connectivity index (χ4v) is 3.18. The summed E-state index contributed by atoms with van der Waals surface area (Å²) < 4.78 is 10.6. The van der Waals surface area contributed by atoms with E-state index in [0.29, 0.717) is 0 Å². The maximum atomic E-state index is 12.5. The van der Waals surface area contributed by atoms with Crippen molar-refractivity contribution in [1.82, 2.24) is 16.0 Å². The Balaban J connectivity index is 2.80. The van der Waals surface area contributed by atoms with Crippen molar-refractivity contribution in [1.29, 1.82) is 0 Å². The number of aliphatic hydroxyl groups is 3. The van der Waals surface area contributed by atoms with Crippen LogP contribution in [-0.4, -0.2) is 105 Å². The highest BCUT2D eigenvalue weighted by Gasteiger charge is 2.47. The van der Waals surface area contributed by atoms with Gasteiger partial charge in [0.05, 0.1) is 6.61 Å². The number of nitrogens with one attached hydrogen (secondary N) is 3. The summed E-state index contributed by atoms with van der Waals surface area (Å²) in [6.07, 6.45) is -7.74. The SMILES string of the molecule is CC(=O)N[C@H]1C(O)O[C@H](CO)[C@@H](O)[C@@H]1OC(C)C(=O)N[C@@H](C)C(=O)N[C@H](CCC(=O)O)C(N)=O. The predicted molar refractivity (Wildman–Crippen MR) is 112 cm³/mol. The molecule has 1 aliphatic rings. The normalized spacial score (nSPS) is 27.1. The Labute approximate surface area is 195 Å². The molecule has 0 saturated carbocycles. The fraction of sp³-hybridized carbons (Fsp3) is 0.737. The summed E-state index contributed by atoms with van der Waals surface area (Å²) >= 11 is 0. The molecule has 1 aliphatic heterocycles. The van der Waals surface area contributed by atoms with Crippen LogP contribution >= 0.6 is 0 Å². The van der Waals surface area contributed by atoms with Gasteiger partial charge in [-0.15, -0.1) is 0 Å². The van der Waals surface area contributed by atoms with Crippen molar-refractivity contribution < 1.29 is 53.9 Å². The summed E-state index contributed by atoms with van der Waals surface area (Å²) in [5, 5.41) is 45.5. The highest BCUT2D eigenvalue weighted by Crippen LogP contribution is 2.23. The Morgan fingerprint density at radius 3 is 2.21 bits per heavy atom. The number of aliphatic hydroxyl groups excluding tert-OH is 3. The van der Waals surface area contributed by atoms with Gasteiger partial charge in [-0.3, -0.25) is 24.0 Å². The minimum absolute atomic E-state index is 0.239. The van der Waals surface area contributed by atoms with Crippen molar-refractivity contribution in [3.8, 4) is 0 Å². The monoisotopic (exact) mass is 492 g/mol. The molecule has 0 aromatic rings. The van der Waals surface area contributed by atoms with Gasteiger partial charge in [-0.1, -0.05) is 0 Å². The second-order valence-electron chi connectivity index (χ2n) is 7.83. The van der Waals surface area contributed by atoms with Crippen molar-refractivity contribution in [3.63, 3.8) is 0 Å². The minimum atomic E-state index is -1.65. The maximum Gasteiger partial charge on any atom is 0.303 e. The third-order valence-electron chi connectivity index (χ3n) is 5.03. The number of amides is 4. The van der Waals surface area contributed by atoms with E-state index in [2.05, 4.69) is 16.0 Å². The van der Waals surface area contributed by atoms with Crippen LogP contribution in [0.2, 0.25) is 0 Å². The summed E-state index contributed by atoms with van der Waals surface area (Å²) in [6, 6.07) is -3.71. The number of carbonyl (C=O) groups excluding carboxylic acids is 4. The van der Waals surface area contributed by atoms with Crippen LogP contribution in [0.3, 0.4) is 0 Å². The molecule has 0 aliphatic carbocycles. The first kappa shape index (κ1) is 29.2. The molecular weight excluding hydrogens is 460 g/mol. The topological polar surface area (TPSA) is 247 Å². The molecule has 1 heterocycles. The molecule has 34 heavy (non-hydrogen) atoms. The quantitative estimate of drug-likeness (QED) is 0.129. The van der Waals surface area contributed by atoms with E-state index >= 15 is 0 Å². The first-order chi connectivity index (χ1) is 15.8. The summed E-state index contributed by atoms with van der Waals surface area (Å²) in [4.78, 5) is 58.4. The molecule has 1 rings (SSSR count). The Kier molecular flexibility index (Phi) is 11.3. The number of ether oxygens (including phenoxy) is 2. The lowest BCUT2D eigenvalue weighted by Gasteiger charge is -2.43. The van der Waals surface area contributed by atoms with Crippen molar-refractivity contribution in [3.05, 3.63) is 0 Å². The summed E-state index contributed by atoms with van der Waals surface area (Å²) in [6.45, 7) is 3.06. The van der Waals surface area contributed by atoms with Gasteiger partial charge in [0.2, 0.25) is 23.6 Å². The molecule has 15 heteroatoms. The van der Waals surface area contributed by atoms with E-state index in [-0.39, 0.29) is 6.42 Å². The number of carbonyl (C=O) groups is 5. The number of carboxylic acids is 1. The molecule has 9 N–H and O–H groups in total. The Hall–Kier alpha value is -2.85. The molecule has 0 aromatic heterocycles. The van der Waals surface area contributed by atoms with Crippen LogP contribution < -0.4 is 21.7 Å². The van der Waals surface area contributed by atoms with Crippen molar-refractivity contribution in [2.24, 2.45) is 5.73 Å². The van der Waals surface area contributed by atoms with Gasteiger partial charge in [0, 0.05) is 13.3 Å². The first-order valence-corrected chi connectivity index (χ1v) is 10.4. The highest BCUT2D eigenvalue weighted by molar-refractivity contribution is 5.92. The Morgan fingerprint density at radius 1 is 1.09 bits per heavy atom. The fourth-order valence-electron chi connectivity index (χ4n) is 3.18. The Bertz CT molecular complexity index is 765. The molecule has 0 spiro atoms. The summed E-state index contributed by atoms with van der Waals surface area (Å²) in [5.74, 6) is -4.34. The maximum absolute atomic E-state index is 12.5. The summed E-state index contributed by atoms with van der Waals surface area (Å²) in [7, 11) is 0. The highest BCUT2D eigenvalue weighted by atomic mass is 16.6. The van der Waals surface area contributed by atoms with Gasteiger partial charge < -0.3 is 51.6 Å². The smallest absolute Gasteiger partial charge is 0.303 e. The number of primary amides is 1. The number of hydrogen-bond acceptors (Lipinski definition) is 10. The molecule has 8 atom stereocenters. The molecule has 4 amide bonds. The molecule has 1 saturated heterocycles. The zero-order valence-corrected chi connectivity index (χ0v) is 19.0. The first-order valence-electron chi connectivity index (χ1n) is 10.4. The average Bonchev–Trinajstić information content (AvgIpc) is 2.74. The molecule has 1 fully saturated rings. The standard InChI is InChI=1S/C19H32N4O11/c1-7(17(30)23-10(16(20)29)4-5-12(26)27)21-18(31)8(2)33-15-13(22-9(3)25)19(32)34-11(6-24)14(15)28/h7-8,10-11,13-15,19,24,28,32H,4-6H2,1-3H3,(H2,20,29)(H,21,31)(H,22,25)(H,23,30)(H,26,27)/t7-,8?,10+,11+,13+,14+,15+,19?/m0/s1. The molecule has 0 bridgehead atoms. The number of hydrogen-bond donors (Lipinski definition) is 8. The lowest BCUT2D eigenvalue weighted by molar-refractivity contribution is -0.266. The third kappa shape index (κ3) is 8.49. The van der Waals surface area contributed by atoms with E-state index in [1.54, 1.807) is 0 Å². The minimum Gasteiger partial charge on any atom is -0.481 e. The van der Waals surface area contributed by atoms with E-state index in [1.165, 1.54) is 13.8 Å². The third-order valence-corrected chi connectivity index (χ3v) is 5.03. The lowest BCUT2D eigenvalue weighted by atomic mass is 9.96. The summed E-state index contributed by atoms with van der Waals surface area (Å²) in [5.41, 5.74) is 5.16. The zero-order valence-electron chi connectivity index (χ0n) is 19.0. The van der Waals surface area contributed by atoms with Gasteiger partial charge in [-0.2, -0.15) is 0 Å².